The Kier molecular flexibility index (Phi) is 3.30. The number of fused-ring (bicyclic) bond motifs is 1. The molecule has 0 aromatic carbocycles. The lowest BCUT2D eigenvalue weighted by Gasteiger charge is -2.00. The van der Waals surface area contributed by atoms with Crippen molar-refractivity contribution in [2.45, 2.75) is 6.92 Å². The molecule has 0 fully saturated rings. The van der Waals surface area contributed by atoms with E-state index in [1.165, 1.54) is 11.3 Å². The van der Waals surface area contributed by atoms with E-state index in [4.69, 9.17) is 5.11 Å². The summed E-state index contributed by atoms with van der Waals surface area (Å²) in [6, 6.07) is 1.71. The summed E-state index contributed by atoms with van der Waals surface area (Å²) in [5, 5.41) is 13.5. The minimum absolute atomic E-state index is 0.450. The van der Waals surface area contributed by atoms with Gasteiger partial charge in [0.25, 0.3) is 5.91 Å². The van der Waals surface area contributed by atoms with Crippen molar-refractivity contribution < 1.29 is 19.5 Å². The van der Waals surface area contributed by atoms with Crippen LogP contribution in [0.5, 0.6) is 0 Å². The van der Waals surface area contributed by atoms with E-state index in [-0.39, 0.29) is 0 Å². The number of hydrogen-bond acceptors (Lipinski definition) is 5. The lowest BCUT2D eigenvalue weighted by Crippen LogP contribution is -2.25. The van der Waals surface area contributed by atoms with Gasteiger partial charge in [-0.2, -0.15) is 5.10 Å². The molecule has 0 aliphatic carbocycles. The number of nitrogens with zero attached hydrogens (tertiary/aromatic N) is 2. The zero-order chi connectivity index (χ0) is 13.3. The van der Waals surface area contributed by atoms with Crippen molar-refractivity contribution in [3.05, 3.63) is 16.6 Å². The molecular formula is C10H11N3O4S. The molecule has 7 nitrogen and oxygen atoms in total. The third-order valence-corrected chi connectivity index (χ3v) is 3.48. The second kappa shape index (κ2) is 4.75. The molecule has 0 atom stereocenters. The van der Waals surface area contributed by atoms with Crippen LogP contribution in [-0.2, 0) is 16.7 Å². The molecule has 1 amide bonds. The Labute approximate surface area is 106 Å². The van der Waals surface area contributed by atoms with E-state index < -0.39 is 18.5 Å². The van der Waals surface area contributed by atoms with E-state index in [1.807, 2.05) is 6.92 Å². The van der Waals surface area contributed by atoms with Crippen LogP contribution in [-0.4, -0.2) is 33.4 Å². The Morgan fingerprint density at radius 2 is 2.33 bits per heavy atom. The summed E-state index contributed by atoms with van der Waals surface area (Å²) in [6.07, 6.45) is 0. The zero-order valence-corrected chi connectivity index (χ0v) is 10.6. The number of carboxylic acid groups (broad SMARTS) is 1. The monoisotopic (exact) mass is 269 g/mol. The Bertz CT molecular complexity index is 581. The van der Waals surface area contributed by atoms with E-state index in [0.29, 0.717) is 4.88 Å². The molecule has 2 rings (SSSR count). The summed E-state index contributed by atoms with van der Waals surface area (Å²) in [7, 11) is 1.80. The van der Waals surface area contributed by atoms with Gasteiger partial charge in [-0.25, -0.2) is 10.3 Å². The number of amides is 1. The highest BCUT2D eigenvalue weighted by molar-refractivity contribution is 7.20. The number of carbonyl (C=O) groups is 2. The van der Waals surface area contributed by atoms with Crippen LogP contribution in [0.15, 0.2) is 6.07 Å². The maximum atomic E-state index is 11.7. The molecule has 0 aliphatic rings. The number of carbonyl (C=O) groups excluding carboxylic acids is 1. The van der Waals surface area contributed by atoms with Crippen LogP contribution in [0.3, 0.4) is 0 Å². The first-order valence-electron chi connectivity index (χ1n) is 5.06. The van der Waals surface area contributed by atoms with Crippen LogP contribution in [0.4, 0.5) is 0 Å². The first-order chi connectivity index (χ1) is 8.49. The average Bonchev–Trinajstić information content (AvgIpc) is 2.81. The number of carboxylic acids is 1. The molecule has 2 N–H and O–H groups in total. The number of hydrogen-bond donors (Lipinski definition) is 2. The first kappa shape index (κ1) is 12.5. The smallest absolute Gasteiger partial charge is 0.332 e. The van der Waals surface area contributed by atoms with E-state index >= 15 is 0 Å². The Morgan fingerprint density at radius 3 is 2.94 bits per heavy atom. The number of aryl methyl sites for hydroxylation is 2. The normalized spacial score (nSPS) is 10.8. The summed E-state index contributed by atoms with van der Waals surface area (Å²) >= 11 is 1.27. The number of aromatic nitrogens is 2. The fourth-order valence-electron chi connectivity index (χ4n) is 1.53. The quantitative estimate of drug-likeness (QED) is 0.796. The van der Waals surface area contributed by atoms with Gasteiger partial charge in [-0.3, -0.25) is 14.3 Å². The minimum atomic E-state index is -1.15. The minimum Gasteiger partial charge on any atom is -0.479 e. The van der Waals surface area contributed by atoms with Crippen molar-refractivity contribution >= 4 is 33.4 Å². The van der Waals surface area contributed by atoms with Gasteiger partial charge < -0.3 is 5.11 Å². The Morgan fingerprint density at radius 1 is 1.61 bits per heavy atom. The van der Waals surface area contributed by atoms with Gasteiger partial charge in [0.05, 0.1) is 10.6 Å². The van der Waals surface area contributed by atoms with E-state index in [1.54, 1.807) is 17.8 Å². The van der Waals surface area contributed by atoms with Crippen LogP contribution in [0.2, 0.25) is 0 Å². The highest BCUT2D eigenvalue weighted by Gasteiger charge is 2.15. The van der Waals surface area contributed by atoms with Gasteiger partial charge in [0, 0.05) is 12.4 Å². The number of hydroxylamine groups is 1. The second-order valence-corrected chi connectivity index (χ2v) is 4.68. The van der Waals surface area contributed by atoms with Gasteiger partial charge in [0.2, 0.25) is 0 Å². The molecule has 2 aromatic rings. The van der Waals surface area contributed by atoms with Crippen molar-refractivity contribution in [1.29, 1.82) is 0 Å². The number of thiophene rings is 1. The third-order valence-electron chi connectivity index (χ3n) is 2.28. The van der Waals surface area contributed by atoms with Crippen LogP contribution >= 0.6 is 11.3 Å². The highest BCUT2D eigenvalue weighted by atomic mass is 32.1. The van der Waals surface area contributed by atoms with Gasteiger partial charge in [0.1, 0.15) is 4.83 Å². The van der Waals surface area contributed by atoms with Crippen molar-refractivity contribution in [2.24, 2.45) is 7.05 Å². The van der Waals surface area contributed by atoms with Crippen LogP contribution in [0.25, 0.3) is 10.2 Å². The Balaban J connectivity index is 2.13. The lowest BCUT2D eigenvalue weighted by atomic mass is 10.3. The highest BCUT2D eigenvalue weighted by Crippen LogP contribution is 2.27. The average molecular weight is 269 g/mol. The second-order valence-electron chi connectivity index (χ2n) is 3.65. The molecule has 0 unspecified atom stereocenters. The molecule has 0 saturated carbocycles. The first-order valence-corrected chi connectivity index (χ1v) is 5.87. The van der Waals surface area contributed by atoms with Crippen molar-refractivity contribution in [3.8, 4) is 0 Å². The molecule has 2 aromatic heterocycles. The fraction of sp³-hybridized carbons (Fsp3) is 0.300. The van der Waals surface area contributed by atoms with E-state index in [9.17, 15) is 9.59 Å². The van der Waals surface area contributed by atoms with Crippen molar-refractivity contribution in [2.75, 3.05) is 6.61 Å². The molecule has 0 radical (unpaired) electrons. The number of aliphatic carboxylic acids is 1. The maximum absolute atomic E-state index is 11.7. The summed E-state index contributed by atoms with van der Waals surface area (Å²) in [4.78, 5) is 27.8. The summed E-state index contributed by atoms with van der Waals surface area (Å²) in [5.41, 5.74) is 2.92. The van der Waals surface area contributed by atoms with Crippen LogP contribution < -0.4 is 5.48 Å². The van der Waals surface area contributed by atoms with Gasteiger partial charge >= 0.3 is 5.97 Å². The lowest BCUT2D eigenvalue weighted by molar-refractivity contribution is -0.144. The predicted molar refractivity (Wildman–Crippen MR) is 64.4 cm³/mol. The maximum Gasteiger partial charge on any atom is 0.332 e. The van der Waals surface area contributed by atoms with Crippen LogP contribution in [0, 0.1) is 6.92 Å². The zero-order valence-electron chi connectivity index (χ0n) is 9.76. The van der Waals surface area contributed by atoms with Gasteiger partial charge in [-0.05, 0) is 13.0 Å². The molecular weight excluding hydrogens is 258 g/mol. The molecule has 8 heteroatoms. The number of nitrogens with one attached hydrogen (secondary N) is 1. The molecule has 2 heterocycles. The molecule has 96 valence electrons. The van der Waals surface area contributed by atoms with Crippen molar-refractivity contribution in [1.82, 2.24) is 15.3 Å². The summed E-state index contributed by atoms with van der Waals surface area (Å²) in [6.45, 7) is 1.29. The van der Waals surface area contributed by atoms with Gasteiger partial charge in [-0.1, -0.05) is 0 Å². The van der Waals surface area contributed by atoms with Gasteiger partial charge in [-0.15, -0.1) is 11.3 Å². The molecule has 0 aliphatic heterocycles. The SMILES string of the molecule is Cc1nn(C)c2sc(C(=O)NOCC(=O)O)cc12. The summed E-state index contributed by atoms with van der Waals surface area (Å²) < 4.78 is 1.70. The molecule has 0 spiro atoms. The molecule has 0 bridgehead atoms. The standard InChI is InChI=1S/C10H11N3O4S/c1-5-6-3-7(18-10(6)13(2)11-5)9(16)12-17-4-8(14)15/h3H,4H2,1-2H3,(H,12,16)(H,14,15). The Hall–Kier alpha value is -1.93. The van der Waals surface area contributed by atoms with Gasteiger partial charge in [0.15, 0.2) is 6.61 Å². The van der Waals surface area contributed by atoms with Crippen LogP contribution in [0.1, 0.15) is 15.4 Å². The molecule has 0 saturated heterocycles. The third kappa shape index (κ3) is 2.34. The number of rotatable bonds is 4. The fourth-order valence-corrected chi connectivity index (χ4v) is 2.54. The van der Waals surface area contributed by atoms with Crippen molar-refractivity contribution in [3.63, 3.8) is 0 Å². The summed E-state index contributed by atoms with van der Waals surface area (Å²) in [5.74, 6) is -1.61. The van der Waals surface area contributed by atoms with E-state index in [2.05, 4.69) is 15.4 Å². The predicted octanol–water partition coefficient (Wildman–Crippen LogP) is 0.689. The topological polar surface area (TPSA) is 93.5 Å². The molecule has 18 heavy (non-hydrogen) atoms. The van der Waals surface area contributed by atoms with E-state index in [0.717, 1.165) is 15.9 Å². The largest absolute Gasteiger partial charge is 0.479 e.